The van der Waals surface area contributed by atoms with Gasteiger partial charge in [0.15, 0.2) is 0 Å². The first kappa shape index (κ1) is 12.5. The Morgan fingerprint density at radius 2 is 2.19 bits per heavy atom. The van der Waals surface area contributed by atoms with Crippen LogP contribution < -0.4 is 10.7 Å². The van der Waals surface area contributed by atoms with Gasteiger partial charge in [-0.1, -0.05) is 0 Å². The molecule has 0 saturated carbocycles. The standard InChI is InChI=1S/C10H17N3O3/c1-10(2,3)16-9(15)13-12-7-4-5-11-8(14)6-7/h4-6H2,1-3H3,(H,11,14)(H,13,15)/b12-7+. The van der Waals surface area contributed by atoms with Crippen LogP contribution in [0.2, 0.25) is 0 Å². The predicted octanol–water partition coefficient (Wildman–Crippen LogP) is 0.777. The van der Waals surface area contributed by atoms with Crippen LogP contribution in [0.3, 0.4) is 0 Å². The zero-order chi connectivity index (χ0) is 12.2. The Morgan fingerprint density at radius 3 is 2.75 bits per heavy atom. The van der Waals surface area contributed by atoms with Crippen molar-refractivity contribution in [3.05, 3.63) is 0 Å². The van der Waals surface area contributed by atoms with Crippen molar-refractivity contribution in [3.63, 3.8) is 0 Å². The highest BCUT2D eigenvalue weighted by atomic mass is 16.6. The summed E-state index contributed by atoms with van der Waals surface area (Å²) in [4.78, 5) is 22.3. The molecule has 1 fully saturated rings. The van der Waals surface area contributed by atoms with Crippen molar-refractivity contribution in [1.82, 2.24) is 10.7 Å². The Labute approximate surface area is 94.4 Å². The summed E-state index contributed by atoms with van der Waals surface area (Å²) < 4.78 is 5.00. The Bertz CT molecular complexity index is 318. The molecule has 2 amide bonds. The minimum absolute atomic E-state index is 0.0732. The normalized spacial score (nSPS) is 19.2. The monoisotopic (exact) mass is 227 g/mol. The van der Waals surface area contributed by atoms with Gasteiger partial charge in [-0.2, -0.15) is 5.10 Å². The van der Waals surface area contributed by atoms with E-state index >= 15 is 0 Å². The average molecular weight is 227 g/mol. The summed E-state index contributed by atoms with van der Waals surface area (Å²) in [5.41, 5.74) is 2.39. The van der Waals surface area contributed by atoms with Gasteiger partial charge in [-0.15, -0.1) is 0 Å². The fraction of sp³-hybridized carbons (Fsp3) is 0.700. The first-order valence-corrected chi connectivity index (χ1v) is 5.18. The van der Waals surface area contributed by atoms with E-state index in [0.29, 0.717) is 18.7 Å². The van der Waals surface area contributed by atoms with Crippen molar-refractivity contribution in [1.29, 1.82) is 0 Å². The minimum Gasteiger partial charge on any atom is -0.443 e. The number of ether oxygens (including phenoxy) is 1. The maximum Gasteiger partial charge on any atom is 0.428 e. The van der Waals surface area contributed by atoms with Gasteiger partial charge in [0.05, 0.1) is 6.42 Å². The third-order valence-corrected chi connectivity index (χ3v) is 1.80. The second-order valence-electron chi connectivity index (χ2n) is 4.57. The summed E-state index contributed by atoms with van der Waals surface area (Å²) in [5, 5.41) is 6.52. The second-order valence-corrected chi connectivity index (χ2v) is 4.57. The average Bonchev–Trinajstić information content (AvgIpc) is 2.12. The molecule has 16 heavy (non-hydrogen) atoms. The molecule has 0 bridgehead atoms. The summed E-state index contributed by atoms with van der Waals surface area (Å²) in [6.07, 6.45) is 0.281. The summed E-state index contributed by atoms with van der Waals surface area (Å²) in [7, 11) is 0. The number of hydrogen-bond acceptors (Lipinski definition) is 4. The fourth-order valence-corrected chi connectivity index (χ4v) is 1.20. The Hall–Kier alpha value is -1.59. The maximum absolute atomic E-state index is 11.2. The van der Waals surface area contributed by atoms with E-state index in [4.69, 9.17) is 4.74 Å². The molecule has 0 aromatic rings. The number of hydrogen-bond donors (Lipinski definition) is 2. The molecule has 0 aromatic heterocycles. The minimum atomic E-state index is -0.606. The van der Waals surface area contributed by atoms with Gasteiger partial charge in [0.25, 0.3) is 0 Å². The third-order valence-electron chi connectivity index (χ3n) is 1.80. The predicted molar refractivity (Wildman–Crippen MR) is 59.0 cm³/mol. The van der Waals surface area contributed by atoms with Gasteiger partial charge in [-0.3, -0.25) is 4.79 Å². The molecule has 6 heteroatoms. The van der Waals surface area contributed by atoms with Crippen LogP contribution in [0.4, 0.5) is 4.79 Å². The molecule has 0 aliphatic carbocycles. The summed E-state index contributed by atoms with van der Waals surface area (Å²) in [6, 6.07) is 0. The summed E-state index contributed by atoms with van der Waals surface area (Å²) >= 11 is 0. The van der Waals surface area contributed by atoms with Crippen molar-refractivity contribution >= 4 is 17.7 Å². The molecule has 0 spiro atoms. The molecule has 6 nitrogen and oxygen atoms in total. The van der Waals surface area contributed by atoms with E-state index in [0.717, 1.165) is 0 Å². The molecule has 0 radical (unpaired) electrons. The molecule has 1 saturated heterocycles. The molecule has 1 aliphatic heterocycles. The lowest BCUT2D eigenvalue weighted by atomic mass is 10.1. The van der Waals surface area contributed by atoms with Crippen LogP contribution in [0.15, 0.2) is 5.10 Å². The van der Waals surface area contributed by atoms with Crippen LogP contribution in [0.25, 0.3) is 0 Å². The molecule has 1 heterocycles. The first-order valence-electron chi connectivity index (χ1n) is 5.18. The van der Waals surface area contributed by atoms with Gasteiger partial charge in [-0.05, 0) is 20.8 Å². The lowest BCUT2D eigenvalue weighted by Gasteiger charge is -2.19. The molecule has 0 unspecified atom stereocenters. The van der Waals surface area contributed by atoms with E-state index in [-0.39, 0.29) is 12.3 Å². The van der Waals surface area contributed by atoms with Crippen molar-refractivity contribution in [3.8, 4) is 0 Å². The van der Waals surface area contributed by atoms with E-state index in [1.807, 2.05) is 0 Å². The number of rotatable bonds is 1. The maximum atomic E-state index is 11.2. The molecule has 1 aliphatic rings. The highest BCUT2D eigenvalue weighted by molar-refractivity contribution is 6.03. The smallest absolute Gasteiger partial charge is 0.428 e. The van der Waals surface area contributed by atoms with Gasteiger partial charge >= 0.3 is 6.09 Å². The van der Waals surface area contributed by atoms with Crippen LogP contribution in [-0.4, -0.2) is 29.9 Å². The zero-order valence-electron chi connectivity index (χ0n) is 9.79. The SMILES string of the molecule is CC(C)(C)OC(=O)N/N=C1\CCNC(=O)C1. The molecule has 0 atom stereocenters. The Kier molecular flexibility index (Phi) is 3.87. The lowest BCUT2D eigenvalue weighted by molar-refractivity contribution is -0.120. The second kappa shape index (κ2) is 4.96. The summed E-state index contributed by atoms with van der Waals surface area (Å²) in [5.74, 6) is -0.0732. The molecular formula is C10H17N3O3. The lowest BCUT2D eigenvalue weighted by Crippen LogP contribution is -2.36. The van der Waals surface area contributed by atoms with E-state index < -0.39 is 11.7 Å². The number of nitrogens with zero attached hydrogens (tertiary/aromatic N) is 1. The van der Waals surface area contributed by atoms with E-state index in [9.17, 15) is 9.59 Å². The summed E-state index contributed by atoms with van der Waals surface area (Å²) in [6.45, 7) is 5.88. The van der Waals surface area contributed by atoms with E-state index in [1.54, 1.807) is 20.8 Å². The van der Waals surface area contributed by atoms with E-state index in [2.05, 4.69) is 15.8 Å². The molecular weight excluding hydrogens is 210 g/mol. The molecule has 1 rings (SSSR count). The van der Waals surface area contributed by atoms with Crippen molar-refractivity contribution in [2.75, 3.05) is 6.54 Å². The number of piperidine rings is 1. The van der Waals surface area contributed by atoms with Crippen LogP contribution >= 0.6 is 0 Å². The number of carbonyl (C=O) groups is 2. The van der Waals surface area contributed by atoms with Crippen LogP contribution in [0, 0.1) is 0 Å². The topological polar surface area (TPSA) is 79.8 Å². The zero-order valence-corrected chi connectivity index (χ0v) is 9.79. The van der Waals surface area contributed by atoms with Gasteiger partial charge in [0.2, 0.25) is 5.91 Å². The van der Waals surface area contributed by atoms with Gasteiger partial charge < -0.3 is 10.1 Å². The fourth-order valence-electron chi connectivity index (χ4n) is 1.20. The van der Waals surface area contributed by atoms with Gasteiger partial charge in [0.1, 0.15) is 5.60 Å². The van der Waals surface area contributed by atoms with Crippen LogP contribution in [0.1, 0.15) is 33.6 Å². The number of hydrazone groups is 1. The molecule has 0 aromatic carbocycles. The van der Waals surface area contributed by atoms with Crippen molar-refractivity contribution < 1.29 is 14.3 Å². The number of amides is 2. The van der Waals surface area contributed by atoms with Gasteiger partial charge in [-0.25, -0.2) is 10.2 Å². The number of nitrogens with one attached hydrogen (secondary N) is 2. The van der Waals surface area contributed by atoms with E-state index in [1.165, 1.54) is 0 Å². The molecule has 90 valence electrons. The van der Waals surface area contributed by atoms with Crippen LogP contribution in [-0.2, 0) is 9.53 Å². The van der Waals surface area contributed by atoms with Crippen molar-refractivity contribution in [2.24, 2.45) is 5.10 Å². The van der Waals surface area contributed by atoms with Gasteiger partial charge in [0, 0.05) is 18.7 Å². The highest BCUT2D eigenvalue weighted by Gasteiger charge is 2.17. The third kappa shape index (κ3) is 4.77. The first-order chi connectivity index (χ1) is 7.37. The largest absolute Gasteiger partial charge is 0.443 e. The quantitative estimate of drug-likeness (QED) is 0.649. The van der Waals surface area contributed by atoms with Crippen LogP contribution in [0.5, 0.6) is 0 Å². The number of carbonyl (C=O) groups excluding carboxylic acids is 2. The highest BCUT2D eigenvalue weighted by Crippen LogP contribution is 2.06. The van der Waals surface area contributed by atoms with Crippen molar-refractivity contribution in [2.45, 2.75) is 39.2 Å². The Balaban J connectivity index is 2.40. The molecule has 2 N–H and O–H groups in total. The Morgan fingerprint density at radius 1 is 1.50 bits per heavy atom.